The summed E-state index contributed by atoms with van der Waals surface area (Å²) in [6, 6.07) is -1.07. The molecule has 2 saturated heterocycles. The summed E-state index contributed by atoms with van der Waals surface area (Å²) in [5.41, 5.74) is 0. The van der Waals surface area contributed by atoms with Gasteiger partial charge in [-0.05, 0) is 91.7 Å². The molecule has 20 nitrogen and oxygen atoms in total. The smallest absolute Gasteiger partial charge is 0.311 e. The predicted molar refractivity (Wildman–Crippen MR) is 280 cm³/mol. The van der Waals surface area contributed by atoms with Gasteiger partial charge < -0.3 is 90.7 Å². The number of ether oxygens (including phenoxy) is 4. The lowest BCUT2D eigenvalue weighted by molar-refractivity contribution is -0.310. The Balaban J connectivity index is 1.89. The normalized spacial score (nSPS) is 41.1. The number of allylic oxidation sites excluding steroid dienone is 10. The van der Waals surface area contributed by atoms with Crippen molar-refractivity contribution < 1.29 is 84.7 Å². The molecule has 74 heavy (non-hydrogen) atoms. The van der Waals surface area contributed by atoms with E-state index in [1.165, 1.54) is 0 Å². The van der Waals surface area contributed by atoms with E-state index in [1.807, 2.05) is 68.5 Å². The molecule has 2 bridgehead atoms. The maximum Gasteiger partial charge on any atom is 0.311 e. The molecule has 21 heteroatoms. The zero-order valence-corrected chi connectivity index (χ0v) is 44.6. The zero-order chi connectivity index (χ0) is 55.1. The number of aliphatic hydroxyl groups is 10. The van der Waals surface area contributed by atoms with Crippen LogP contribution in [0.5, 0.6) is 0 Å². The van der Waals surface area contributed by atoms with Gasteiger partial charge in [0, 0.05) is 37.6 Å². The minimum atomic E-state index is -2.38. The van der Waals surface area contributed by atoms with Crippen molar-refractivity contribution in [3.63, 3.8) is 0 Å². The first-order valence-corrected chi connectivity index (χ1v) is 26.3. The summed E-state index contributed by atoms with van der Waals surface area (Å²) < 4.78 is 23.7. The van der Waals surface area contributed by atoms with E-state index in [0.29, 0.717) is 6.54 Å². The number of hydrogen-bond acceptors (Lipinski definition) is 18. The van der Waals surface area contributed by atoms with Crippen molar-refractivity contribution in [1.82, 2.24) is 15.5 Å². The first kappa shape index (κ1) is 64.8. The highest BCUT2D eigenvalue weighted by molar-refractivity contribution is 7.80. The van der Waals surface area contributed by atoms with Crippen LogP contribution in [0.15, 0.2) is 72.9 Å². The standard InChI is InChI=1S/C53H87N3O17S/c1-32-20-17-15-13-11-9-7-8-10-12-14-16-18-21-39(72-51-49(66)46(48(65)35(4)71-51)55-52(74)54-24-19-25-56(5)6)29-43-45(50(67)68)42(62)31-53(69,73-43)30-41(61)40(60)23-22-36(57)26-37(58)27-38(59)28-44(63)70-34(3)33(2)47(32)64/h7-8,10,12-18,20-21,32-43,45-49,51,57-62,64-66,69H,9,11,19,22-31H2,1-6H3,(H,67,68)(H2,54,55,74)/b8-7+,12-10+,15-13+,16-14+,20-17+,21-18+/t32-,33-,34-,35+,36+,37+,38+,39-,40+,41+,42-,43-,45+,46-,47+,48+,49-,51+,53+/m0/s1. The van der Waals surface area contributed by atoms with Crippen molar-refractivity contribution in [2.75, 3.05) is 27.2 Å². The molecular weight excluding hydrogens is 983 g/mol. The molecule has 0 aromatic heterocycles. The van der Waals surface area contributed by atoms with Crippen LogP contribution < -0.4 is 10.6 Å². The number of rotatable bonds is 8. The molecule has 0 unspecified atom stereocenters. The van der Waals surface area contributed by atoms with Crippen LogP contribution in [0.3, 0.4) is 0 Å². The number of aliphatic hydroxyl groups excluding tert-OH is 9. The number of nitrogens with one attached hydrogen (secondary N) is 2. The maximum atomic E-state index is 12.7. The van der Waals surface area contributed by atoms with Gasteiger partial charge in [0.2, 0.25) is 0 Å². The zero-order valence-electron chi connectivity index (χ0n) is 43.7. The molecule has 0 amide bonds. The fraction of sp³-hybridized carbons (Fsp3) is 0.717. The Hall–Kier alpha value is -3.49. The monoisotopic (exact) mass is 1070 g/mol. The minimum Gasteiger partial charge on any atom is -0.481 e. The van der Waals surface area contributed by atoms with E-state index < -0.39 is 141 Å². The van der Waals surface area contributed by atoms with Crippen LogP contribution in [0.2, 0.25) is 0 Å². The van der Waals surface area contributed by atoms with Gasteiger partial charge in [-0.3, -0.25) is 9.59 Å². The topological polar surface area (TPSA) is 321 Å². The molecule has 0 aromatic rings. The molecule has 3 rings (SSSR count). The molecule has 3 heterocycles. The summed E-state index contributed by atoms with van der Waals surface area (Å²) in [5, 5.41) is 127. The average Bonchev–Trinajstić information content (AvgIpc) is 3.30. The highest BCUT2D eigenvalue weighted by Gasteiger charge is 2.51. The largest absolute Gasteiger partial charge is 0.481 e. The quantitative estimate of drug-likeness (QED) is 0.0928. The van der Waals surface area contributed by atoms with E-state index in [0.717, 1.165) is 25.8 Å². The average molecular weight is 1070 g/mol. The van der Waals surface area contributed by atoms with Gasteiger partial charge in [-0.15, -0.1) is 0 Å². The Morgan fingerprint density at radius 2 is 1.36 bits per heavy atom. The molecule has 0 radical (unpaired) electrons. The molecule has 19 atom stereocenters. The molecule has 0 spiro atoms. The van der Waals surface area contributed by atoms with Crippen LogP contribution in [-0.2, 0) is 28.5 Å². The van der Waals surface area contributed by atoms with Gasteiger partial charge in [0.15, 0.2) is 17.2 Å². The number of carboxylic acids is 1. The van der Waals surface area contributed by atoms with Crippen molar-refractivity contribution in [3.8, 4) is 0 Å². The number of nitrogens with zero attached hydrogens (tertiary/aromatic N) is 1. The number of carboxylic acid groups (broad SMARTS) is 1. The van der Waals surface area contributed by atoms with Gasteiger partial charge >= 0.3 is 11.9 Å². The number of fused-ring (bicyclic) bond motifs is 2. The van der Waals surface area contributed by atoms with Gasteiger partial charge in [0.05, 0.1) is 73.5 Å². The molecule has 0 aromatic carbocycles. The minimum absolute atomic E-state index is 0.146. The van der Waals surface area contributed by atoms with Crippen LogP contribution in [0.4, 0.5) is 0 Å². The maximum absolute atomic E-state index is 12.7. The Kier molecular flexibility index (Phi) is 28.8. The Morgan fingerprint density at radius 3 is 2.03 bits per heavy atom. The third-order valence-electron chi connectivity index (χ3n) is 13.6. The fourth-order valence-corrected chi connectivity index (χ4v) is 9.29. The van der Waals surface area contributed by atoms with Crippen LogP contribution >= 0.6 is 12.2 Å². The van der Waals surface area contributed by atoms with E-state index in [-0.39, 0.29) is 43.1 Å². The van der Waals surface area contributed by atoms with Crippen molar-refractivity contribution in [1.29, 1.82) is 0 Å². The summed E-state index contributed by atoms with van der Waals surface area (Å²) in [5.74, 6) is -6.89. The third-order valence-corrected chi connectivity index (χ3v) is 13.8. The van der Waals surface area contributed by atoms with Gasteiger partial charge in [0.1, 0.15) is 24.2 Å². The summed E-state index contributed by atoms with van der Waals surface area (Å²) in [4.78, 5) is 27.4. The lowest BCUT2D eigenvalue weighted by atomic mass is 9.82. The van der Waals surface area contributed by atoms with Gasteiger partial charge in [-0.1, -0.05) is 86.8 Å². The SMILES string of the molecule is C[C@@H]1[C@H](O)[C@@H](C)/C=C/C=C/CC/C=C/C=C/C=C/C=C/[C@H](O[C@H]2O[C@H](C)[C@@H](O)[C@H](NC(=S)NCCCN(C)C)[C@@H]2O)C[C@@H]2O[C@](O)(C[C@@H](O)[C@H](O)CC[C@@H](O)C[C@@H](O)C[C@@H](O)CC(=O)O[C@H]1C)C[C@H](O)[C@H]2C(=O)O. The predicted octanol–water partition coefficient (Wildman–Crippen LogP) is 1.39. The molecule has 0 aliphatic carbocycles. The van der Waals surface area contributed by atoms with E-state index in [2.05, 4.69) is 10.6 Å². The molecule has 3 aliphatic heterocycles. The molecular formula is C53H87N3O17S. The second-order valence-electron chi connectivity index (χ2n) is 20.4. The lowest BCUT2D eigenvalue weighted by Gasteiger charge is -2.45. The Bertz CT molecular complexity index is 1870. The van der Waals surface area contributed by atoms with Gasteiger partial charge in [0.25, 0.3) is 0 Å². The van der Waals surface area contributed by atoms with Crippen LogP contribution in [-0.4, -0.2) is 203 Å². The summed E-state index contributed by atoms with van der Waals surface area (Å²) in [7, 11) is 3.88. The van der Waals surface area contributed by atoms with Gasteiger partial charge in [-0.2, -0.15) is 0 Å². The number of carbonyl (C=O) groups is 2. The Morgan fingerprint density at radius 1 is 0.757 bits per heavy atom. The van der Waals surface area contributed by atoms with Gasteiger partial charge in [-0.25, -0.2) is 0 Å². The van der Waals surface area contributed by atoms with Crippen molar-refractivity contribution in [2.24, 2.45) is 17.8 Å². The highest BCUT2D eigenvalue weighted by Crippen LogP contribution is 2.38. The number of carbonyl (C=O) groups excluding carboxylic acids is 1. The highest BCUT2D eigenvalue weighted by atomic mass is 32.1. The van der Waals surface area contributed by atoms with Crippen LogP contribution in [0.25, 0.3) is 0 Å². The second-order valence-corrected chi connectivity index (χ2v) is 20.8. The van der Waals surface area contributed by atoms with E-state index >= 15 is 0 Å². The number of esters is 1. The number of thiocarbonyl (C=S) groups is 1. The summed E-state index contributed by atoms with van der Waals surface area (Å²) in [6.07, 6.45) is 2.76. The lowest BCUT2D eigenvalue weighted by Crippen LogP contribution is -2.65. The van der Waals surface area contributed by atoms with Crippen LogP contribution in [0.1, 0.15) is 98.3 Å². The third kappa shape index (κ3) is 23.0. The van der Waals surface area contributed by atoms with Crippen molar-refractivity contribution in [2.45, 2.75) is 196 Å². The van der Waals surface area contributed by atoms with E-state index in [4.69, 9.17) is 31.2 Å². The van der Waals surface area contributed by atoms with Crippen molar-refractivity contribution >= 4 is 29.3 Å². The first-order valence-electron chi connectivity index (χ1n) is 25.9. The van der Waals surface area contributed by atoms with E-state index in [9.17, 15) is 65.8 Å². The second kappa shape index (κ2) is 32.9. The molecule has 2 fully saturated rings. The van der Waals surface area contributed by atoms with Crippen molar-refractivity contribution in [3.05, 3.63) is 72.9 Å². The fourth-order valence-electron chi connectivity index (χ4n) is 9.05. The summed E-state index contributed by atoms with van der Waals surface area (Å²) in [6.45, 7) is 8.15. The summed E-state index contributed by atoms with van der Waals surface area (Å²) >= 11 is 5.46. The number of aliphatic carboxylic acids is 1. The molecule has 3 aliphatic rings. The first-order chi connectivity index (χ1) is 34.9. The molecule has 0 saturated carbocycles. The van der Waals surface area contributed by atoms with Crippen LogP contribution in [0, 0.1) is 17.8 Å². The molecule has 13 N–H and O–H groups in total. The van der Waals surface area contributed by atoms with E-state index in [1.54, 1.807) is 51.2 Å². The number of cyclic esters (lactones) is 1. The number of hydrogen-bond donors (Lipinski definition) is 13. The molecule has 422 valence electrons. The Labute approximate surface area is 441 Å².